The van der Waals surface area contributed by atoms with Gasteiger partial charge in [-0.2, -0.15) is 0 Å². The zero-order valence-electron chi connectivity index (χ0n) is 11.9. The van der Waals surface area contributed by atoms with Crippen LogP contribution in [0.15, 0.2) is 24.3 Å². The van der Waals surface area contributed by atoms with Gasteiger partial charge in [-0.1, -0.05) is 44.5 Å². The van der Waals surface area contributed by atoms with Crippen LogP contribution in [0.1, 0.15) is 39.3 Å². The van der Waals surface area contributed by atoms with Gasteiger partial charge in [0.05, 0.1) is 6.10 Å². The van der Waals surface area contributed by atoms with Gasteiger partial charge in [0, 0.05) is 17.6 Å². The standard InChI is InChI=1S/C15H24ClNO/c1-11(12-6-8-13(16)9-7-12)17(5)10-14(18)15(2,3)4/h6-9,11,14,18H,10H2,1-5H3. The van der Waals surface area contributed by atoms with Crippen LogP contribution < -0.4 is 0 Å². The molecular weight excluding hydrogens is 246 g/mol. The number of benzene rings is 1. The first-order chi connectivity index (χ1) is 8.21. The van der Waals surface area contributed by atoms with Crippen molar-refractivity contribution in [3.05, 3.63) is 34.9 Å². The molecule has 102 valence electrons. The Kier molecular flexibility index (Phi) is 5.20. The minimum absolute atomic E-state index is 0.0893. The average molecular weight is 270 g/mol. The summed E-state index contributed by atoms with van der Waals surface area (Å²) in [5.74, 6) is 0. The summed E-state index contributed by atoms with van der Waals surface area (Å²) < 4.78 is 0. The predicted octanol–water partition coefficient (Wildman–Crippen LogP) is 3.74. The second-order valence-electron chi connectivity index (χ2n) is 6.05. The van der Waals surface area contributed by atoms with Crippen molar-refractivity contribution in [1.82, 2.24) is 4.90 Å². The Labute approximate surface area is 116 Å². The lowest BCUT2D eigenvalue weighted by atomic mass is 9.88. The number of hydrogen-bond acceptors (Lipinski definition) is 2. The molecule has 0 aliphatic carbocycles. The van der Waals surface area contributed by atoms with Crippen molar-refractivity contribution >= 4 is 11.6 Å². The number of hydrogen-bond donors (Lipinski definition) is 1. The van der Waals surface area contributed by atoms with Gasteiger partial charge in [-0.3, -0.25) is 4.90 Å². The van der Waals surface area contributed by atoms with Gasteiger partial charge in [0.25, 0.3) is 0 Å². The number of halogens is 1. The number of rotatable bonds is 4. The third kappa shape index (κ3) is 4.27. The fourth-order valence-electron chi connectivity index (χ4n) is 1.70. The van der Waals surface area contributed by atoms with Crippen molar-refractivity contribution in [3.63, 3.8) is 0 Å². The fourth-order valence-corrected chi connectivity index (χ4v) is 1.83. The molecule has 1 aromatic carbocycles. The van der Waals surface area contributed by atoms with E-state index >= 15 is 0 Å². The highest BCUT2D eigenvalue weighted by Crippen LogP contribution is 2.24. The zero-order valence-corrected chi connectivity index (χ0v) is 12.7. The summed E-state index contributed by atoms with van der Waals surface area (Å²) in [4.78, 5) is 2.17. The maximum absolute atomic E-state index is 10.1. The van der Waals surface area contributed by atoms with Gasteiger partial charge < -0.3 is 5.11 Å². The van der Waals surface area contributed by atoms with Crippen molar-refractivity contribution in [2.24, 2.45) is 5.41 Å². The quantitative estimate of drug-likeness (QED) is 0.900. The molecule has 2 nitrogen and oxygen atoms in total. The predicted molar refractivity (Wildman–Crippen MR) is 78.0 cm³/mol. The van der Waals surface area contributed by atoms with E-state index in [0.717, 1.165) is 5.02 Å². The lowest BCUT2D eigenvalue weighted by Gasteiger charge is -2.33. The molecule has 0 saturated heterocycles. The minimum Gasteiger partial charge on any atom is -0.391 e. The summed E-state index contributed by atoms with van der Waals surface area (Å²) in [6.45, 7) is 8.96. The van der Waals surface area contributed by atoms with Gasteiger partial charge in [-0.05, 0) is 37.1 Å². The smallest absolute Gasteiger partial charge is 0.0715 e. The van der Waals surface area contributed by atoms with E-state index in [0.29, 0.717) is 6.54 Å². The highest BCUT2D eigenvalue weighted by atomic mass is 35.5. The molecule has 0 aliphatic rings. The van der Waals surface area contributed by atoms with Crippen molar-refractivity contribution in [2.75, 3.05) is 13.6 Å². The van der Waals surface area contributed by atoms with Crippen LogP contribution in [0.5, 0.6) is 0 Å². The van der Waals surface area contributed by atoms with Crippen LogP contribution >= 0.6 is 11.6 Å². The molecule has 2 unspecified atom stereocenters. The molecule has 0 saturated carbocycles. The molecule has 0 aliphatic heterocycles. The van der Waals surface area contributed by atoms with E-state index in [9.17, 15) is 5.11 Å². The van der Waals surface area contributed by atoms with Crippen LogP contribution in [-0.2, 0) is 0 Å². The largest absolute Gasteiger partial charge is 0.391 e. The molecule has 0 aromatic heterocycles. The van der Waals surface area contributed by atoms with Crippen LogP contribution in [0.25, 0.3) is 0 Å². The molecule has 3 heteroatoms. The first kappa shape index (κ1) is 15.5. The van der Waals surface area contributed by atoms with E-state index in [1.165, 1.54) is 5.56 Å². The fraction of sp³-hybridized carbons (Fsp3) is 0.600. The molecule has 0 bridgehead atoms. The Balaban J connectivity index is 2.67. The van der Waals surface area contributed by atoms with Gasteiger partial charge in [-0.25, -0.2) is 0 Å². The Morgan fingerprint density at radius 3 is 2.17 bits per heavy atom. The number of likely N-dealkylation sites (N-methyl/N-ethyl adjacent to an activating group) is 1. The van der Waals surface area contributed by atoms with Crippen LogP contribution in [0.4, 0.5) is 0 Å². The molecule has 0 heterocycles. The van der Waals surface area contributed by atoms with Gasteiger partial charge in [0.2, 0.25) is 0 Å². The number of nitrogens with zero attached hydrogens (tertiary/aromatic N) is 1. The summed E-state index contributed by atoms with van der Waals surface area (Å²) in [7, 11) is 2.04. The second-order valence-corrected chi connectivity index (χ2v) is 6.49. The summed E-state index contributed by atoms with van der Waals surface area (Å²) in [6.07, 6.45) is -0.336. The maximum atomic E-state index is 10.1. The van der Waals surface area contributed by atoms with E-state index in [2.05, 4.69) is 32.6 Å². The molecule has 1 aromatic rings. The molecule has 18 heavy (non-hydrogen) atoms. The topological polar surface area (TPSA) is 23.5 Å². The Morgan fingerprint density at radius 1 is 1.22 bits per heavy atom. The van der Waals surface area contributed by atoms with Crippen LogP contribution in [0.2, 0.25) is 5.02 Å². The first-order valence-corrected chi connectivity index (χ1v) is 6.73. The zero-order chi connectivity index (χ0) is 13.9. The molecule has 0 spiro atoms. The third-order valence-electron chi connectivity index (χ3n) is 3.47. The van der Waals surface area contributed by atoms with E-state index in [-0.39, 0.29) is 17.6 Å². The van der Waals surface area contributed by atoms with Crippen molar-refractivity contribution in [1.29, 1.82) is 0 Å². The summed E-state index contributed by atoms with van der Waals surface area (Å²) in [5.41, 5.74) is 1.12. The summed E-state index contributed by atoms with van der Waals surface area (Å²) in [6, 6.07) is 8.14. The molecule has 1 rings (SSSR count). The van der Waals surface area contributed by atoms with Crippen molar-refractivity contribution in [2.45, 2.75) is 39.8 Å². The monoisotopic (exact) mass is 269 g/mol. The van der Waals surface area contributed by atoms with Gasteiger partial charge in [-0.15, -0.1) is 0 Å². The van der Waals surface area contributed by atoms with E-state index in [1.807, 2.05) is 31.3 Å². The van der Waals surface area contributed by atoms with Crippen molar-refractivity contribution < 1.29 is 5.11 Å². The molecule has 0 radical (unpaired) electrons. The Hall–Kier alpha value is -0.570. The maximum Gasteiger partial charge on any atom is 0.0715 e. The first-order valence-electron chi connectivity index (χ1n) is 6.35. The normalized spacial score (nSPS) is 15.8. The van der Waals surface area contributed by atoms with Gasteiger partial charge in [0.15, 0.2) is 0 Å². The lowest BCUT2D eigenvalue weighted by molar-refractivity contribution is 0.0260. The van der Waals surface area contributed by atoms with Crippen LogP contribution in [-0.4, -0.2) is 29.7 Å². The molecule has 0 amide bonds. The van der Waals surface area contributed by atoms with Crippen LogP contribution in [0.3, 0.4) is 0 Å². The third-order valence-corrected chi connectivity index (χ3v) is 3.73. The van der Waals surface area contributed by atoms with E-state index in [1.54, 1.807) is 0 Å². The number of aliphatic hydroxyl groups is 1. The molecule has 1 N–H and O–H groups in total. The highest BCUT2D eigenvalue weighted by Gasteiger charge is 2.25. The summed E-state index contributed by atoms with van der Waals surface area (Å²) in [5, 5.41) is 10.9. The van der Waals surface area contributed by atoms with Gasteiger partial charge in [0.1, 0.15) is 0 Å². The molecular formula is C15H24ClNO. The minimum atomic E-state index is -0.336. The van der Waals surface area contributed by atoms with Gasteiger partial charge >= 0.3 is 0 Å². The van der Waals surface area contributed by atoms with Crippen LogP contribution in [0, 0.1) is 5.41 Å². The SMILES string of the molecule is CC(c1ccc(Cl)cc1)N(C)CC(O)C(C)(C)C. The van der Waals surface area contributed by atoms with E-state index in [4.69, 9.17) is 11.6 Å². The average Bonchev–Trinajstić information content (AvgIpc) is 2.27. The Morgan fingerprint density at radius 2 is 1.72 bits per heavy atom. The summed E-state index contributed by atoms with van der Waals surface area (Å²) >= 11 is 5.89. The van der Waals surface area contributed by atoms with Crippen molar-refractivity contribution in [3.8, 4) is 0 Å². The lowest BCUT2D eigenvalue weighted by Crippen LogP contribution is -2.38. The highest BCUT2D eigenvalue weighted by molar-refractivity contribution is 6.30. The number of aliphatic hydroxyl groups excluding tert-OH is 1. The van der Waals surface area contributed by atoms with E-state index < -0.39 is 0 Å². The molecule has 2 atom stereocenters. The molecule has 0 fully saturated rings. The second kappa shape index (κ2) is 6.05. The Bertz CT molecular complexity index is 369.